The molecule has 6 heteroatoms. The lowest BCUT2D eigenvalue weighted by molar-refractivity contribution is 0.00688. The van der Waals surface area contributed by atoms with Gasteiger partial charge in [-0.1, -0.05) is 18.6 Å². The summed E-state index contributed by atoms with van der Waals surface area (Å²) in [6, 6.07) is 14.7. The second kappa shape index (κ2) is 8.31. The van der Waals surface area contributed by atoms with Gasteiger partial charge >= 0.3 is 0 Å². The highest BCUT2D eigenvalue weighted by Crippen LogP contribution is 2.26. The highest BCUT2D eigenvalue weighted by Gasteiger charge is 2.24. The molecule has 3 atom stereocenters. The van der Waals surface area contributed by atoms with Gasteiger partial charge in [-0.2, -0.15) is 0 Å². The minimum atomic E-state index is -3.18. The molecule has 0 amide bonds. The Balaban J connectivity index is 1.60. The number of hydrogen-bond donors (Lipinski definition) is 2. The van der Waals surface area contributed by atoms with E-state index >= 15 is 0 Å². The molecule has 1 saturated carbocycles. The van der Waals surface area contributed by atoms with Crippen LogP contribution in [0.5, 0.6) is 5.75 Å². The number of anilines is 1. The van der Waals surface area contributed by atoms with Crippen LogP contribution in [0.1, 0.15) is 44.2 Å². The molecule has 0 radical (unpaired) electrons. The summed E-state index contributed by atoms with van der Waals surface area (Å²) in [4.78, 5) is 0.324. The van der Waals surface area contributed by atoms with Crippen molar-refractivity contribution in [3.8, 4) is 5.75 Å². The van der Waals surface area contributed by atoms with Crippen molar-refractivity contribution in [3.05, 3.63) is 54.1 Å². The van der Waals surface area contributed by atoms with Crippen LogP contribution in [0.2, 0.25) is 0 Å². The van der Waals surface area contributed by atoms with Gasteiger partial charge in [0.2, 0.25) is 0 Å². The molecule has 0 aliphatic heterocycles. The first-order chi connectivity index (χ1) is 12.8. The van der Waals surface area contributed by atoms with Crippen LogP contribution in [-0.4, -0.2) is 32.0 Å². The van der Waals surface area contributed by atoms with E-state index in [2.05, 4.69) is 5.32 Å². The van der Waals surface area contributed by atoms with E-state index in [4.69, 9.17) is 4.74 Å². The minimum Gasteiger partial charge on any atom is -0.488 e. The zero-order valence-corrected chi connectivity index (χ0v) is 16.6. The summed E-state index contributed by atoms with van der Waals surface area (Å²) in [6.07, 6.45) is 4.56. The highest BCUT2D eigenvalue weighted by atomic mass is 32.2. The molecule has 0 spiro atoms. The largest absolute Gasteiger partial charge is 0.488 e. The molecule has 0 saturated heterocycles. The van der Waals surface area contributed by atoms with E-state index in [-0.39, 0.29) is 18.2 Å². The fraction of sp³-hybridized carbons (Fsp3) is 0.429. The molecule has 5 nitrogen and oxygen atoms in total. The molecule has 0 bridgehead atoms. The third-order valence-electron chi connectivity index (χ3n) is 5.00. The molecule has 0 unspecified atom stereocenters. The average Bonchev–Trinajstić information content (AvgIpc) is 2.64. The van der Waals surface area contributed by atoms with Crippen LogP contribution >= 0.6 is 0 Å². The van der Waals surface area contributed by atoms with Crippen molar-refractivity contribution in [1.82, 2.24) is 0 Å². The minimum absolute atomic E-state index is 0.0329. The quantitative estimate of drug-likeness (QED) is 0.782. The van der Waals surface area contributed by atoms with Gasteiger partial charge in [0, 0.05) is 18.0 Å². The maximum atomic E-state index is 11.6. The van der Waals surface area contributed by atoms with E-state index in [9.17, 15) is 13.5 Å². The summed E-state index contributed by atoms with van der Waals surface area (Å²) in [6.45, 7) is 2.03. The first-order valence-corrected chi connectivity index (χ1v) is 11.2. The number of sulfone groups is 1. The van der Waals surface area contributed by atoms with Crippen molar-refractivity contribution >= 4 is 15.5 Å². The number of benzene rings is 2. The Labute approximate surface area is 161 Å². The van der Waals surface area contributed by atoms with Crippen LogP contribution < -0.4 is 10.1 Å². The van der Waals surface area contributed by atoms with Gasteiger partial charge in [0.1, 0.15) is 11.9 Å². The molecule has 1 aliphatic carbocycles. The first-order valence-electron chi connectivity index (χ1n) is 9.34. The van der Waals surface area contributed by atoms with Crippen molar-refractivity contribution in [2.75, 3.05) is 11.6 Å². The first kappa shape index (κ1) is 19.7. The monoisotopic (exact) mass is 389 g/mol. The van der Waals surface area contributed by atoms with Crippen molar-refractivity contribution in [2.24, 2.45) is 0 Å². The molecule has 27 heavy (non-hydrogen) atoms. The molecular formula is C21H27NO4S. The van der Waals surface area contributed by atoms with Crippen LogP contribution in [0.3, 0.4) is 0 Å². The van der Waals surface area contributed by atoms with E-state index in [1.807, 2.05) is 43.3 Å². The lowest BCUT2D eigenvalue weighted by Crippen LogP contribution is -2.34. The maximum Gasteiger partial charge on any atom is 0.175 e. The number of rotatable bonds is 6. The van der Waals surface area contributed by atoms with Gasteiger partial charge in [0.05, 0.1) is 11.0 Å². The van der Waals surface area contributed by atoms with Gasteiger partial charge in [0.15, 0.2) is 9.84 Å². The van der Waals surface area contributed by atoms with E-state index in [1.54, 1.807) is 12.1 Å². The van der Waals surface area contributed by atoms with Crippen molar-refractivity contribution in [1.29, 1.82) is 0 Å². The maximum absolute atomic E-state index is 11.6. The lowest BCUT2D eigenvalue weighted by Gasteiger charge is -2.28. The second-order valence-electron chi connectivity index (χ2n) is 7.24. The van der Waals surface area contributed by atoms with Gasteiger partial charge in [-0.3, -0.25) is 0 Å². The Morgan fingerprint density at radius 3 is 2.26 bits per heavy atom. The van der Waals surface area contributed by atoms with Gasteiger partial charge in [-0.05, 0) is 68.1 Å². The third kappa shape index (κ3) is 5.23. The summed E-state index contributed by atoms with van der Waals surface area (Å²) in [5.74, 6) is 0.761. The van der Waals surface area contributed by atoms with Crippen molar-refractivity contribution in [2.45, 2.75) is 55.8 Å². The molecule has 0 aromatic heterocycles. The van der Waals surface area contributed by atoms with E-state index in [0.29, 0.717) is 4.90 Å². The highest BCUT2D eigenvalue weighted by molar-refractivity contribution is 7.90. The Morgan fingerprint density at radius 2 is 1.67 bits per heavy atom. The summed E-state index contributed by atoms with van der Waals surface area (Å²) >= 11 is 0. The van der Waals surface area contributed by atoms with E-state index in [0.717, 1.165) is 42.7 Å². The van der Waals surface area contributed by atoms with Crippen LogP contribution in [-0.2, 0) is 9.84 Å². The smallest absolute Gasteiger partial charge is 0.175 e. The second-order valence-corrected chi connectivity index (χ2v) is 9.26. The van der Waals surface area contributed by atoms with Gasteiger partial charge in [-0.25, -0.2) is 8.42 Å². The molecule has 1 aliphatic rings. The van der Waals surface area contributed by atoms with Gasteiger partial charge < -0.3 is 15.2 Å². The number of ether oxygens (including phenoxy) is 1. The summed E-state index contributed by atoms with van der Waals surface area (Å²) in [5, 5.41) is 13.4. The van der Waals surface area contributed by atoms with Crippen LogP contribution in [0.15, 0.2) is 53.4 Å². The van der Waals surface area contributed by atoms with Crippen LogP contribution in [0, 0.1) is 0 Å². The molecule has 0 heterocycles. The summed E-state index contributed by atoms with van der Waals surface area (Å²) in [5.41, 5.74) is 1.96. The fourth-order valence-electron chi connectivity index (χ4n) is 3.36. The number of nitrogens with one attached hydrogen (secondary N) is 1. The zero-order valence-electron chi connectivity index (χ0n) is 15.8. The van der Waals surface area contributed by atoms with Crippen molar-refractivity contribution in [3.63, 3.8) is 0 Å². The number of aliphatic hydroxyl groups is 1. The van der Waals surface area contributed by atoms with Crippen LogP contribution in [0.25, 0.3) is 0 Å². The van der Waals surface area contributed by atoms with Crippen LogP contribution in [0.4, 0.5) is 5.69 Å². The molecular weight excluding hydrogens is 362 g/mol. The Kier molecular flexibility index (Phi) is 6.07. The molecule has 2 aromatic carbocycles. The molecule has 2 N–H and O–H groups in total. The SMILES string of the molecule is C[C@H](Nc1ccc(O[C@@H]2CCCC[C@H]2O)cc1)c1ccc(S(C)(=O)=O)cc1. The predicted octanol–water partition coefficient (Wildman–Crippen LogP) is 3.95. The lowest BCUT2D eigenvalue weighted by atomic mass is 9.95. The summed E-state index contributed by atoms with van der Waals surface area (Å²) in [7, 11) is -3.18. The standard InChI is InChI=1S/C21H27NO4S/c1-15(16-7-13-19(14-8-16)27(2,24)25)22-17-9-11-18(12-10-17)26-21-6-4-3-5-20(21)23/h7-15,20-23H,3-6H2,1-2H3/t15-,20+,21+/m0/s1. The van der Waals surface area contributed by atoms with Gasteiger partial charge in [-0.15, -0.1) is 0 Å². The zero-order chi connectivity index (χ0) is 19.4. The fourth-order valence-corrected chi connectivity index (χ4v) is 3.99. The van der Waals surface area contributed by atoms with E-state index < -0.39 is 9.84 Å². The molecule has 3 rings (SSSR count). The topological polar surface area (TPSA) is 75.6 Å². The van der Waals surface area contributed by atoms with E-state index in [1.165, 1.54) is 6.26 Å². The molecule has 146 valence electrons. The molecule has 1 fully saturated rings. The number of aliphatic hydroxyl groups excluding tert-OH is 1. The third-order valence-corrected chi connectivity index (χ3v) is 6.13. The predicted molar refractivity (Wildman–Crippen MR) is 107 cm³/mol. The Morgan fingerprint density at radius 1 is 1.04 bits per heavy atom. The molecule has 2 aromatic rings. The summed E-state index contributed by atoms with van der Waals surface area (Å²) < 4.78 is 29.0. The van der Waals surface area contributed by atoms with Crippen molar-refractivity contribution < 1.29 is 18.3 Å². The van der Waals surface area contributed by atoms with Gasteiger partial charge in [0.25, 0.3) is 0 Å². The Hall–Kier alpha value is -2.05. The Bertz CT molecular complexity index is 847. The normalized spacial score (nSPS) is 21.4. The average molecular weight is 390 g/mol. The number of hydrogen-bond acceptors (Lipinski definition) is 5.